The maximum atomic E-state index is 12.6. The summed E-state index contributed by atoms with van der Waals surface area (Å²) in [4.78, 5) is 51.3. The second-order valence-electron chi connectivity index (χ2n) is 7.34. The maximum Gasteiger partial charge on any atom is 0.338 e. The molecule has 0 spiro atoms. The molecule has 8 heteroatoms. The Kier molecular flexibility index (Phi) is 7.25. The van der Waals surface area contributed by atoms with Gasteiger partial charge in [0.15, 0.2) is 6.10 Å². The Labute approximate surface area is 186 Å². The van der Waals surface area contributed by atoms with Gasteiger partial charge in [0.05, 0.1) is 29.0 Å². The van der Waals surface area contributed by atoms with Crippen LogP contribution >= 0.6 is 0 Å². The number of unbranched alkanes of at least 4 members (excludes halogenated alkanes) is 1. The fraction of sp³-hybridized carbons (Fsp3) is 0.333. The third-order valence-corrected chi connectivity index (χ3v) is 5.04. The molecule has 3 amide bonds. The van der Waals surface area contributed by atoms with Gasteiger partial charge in [-0.05, 0) is 50.6 Å². The van der Waals surface area contributed by atoms with E-state index in [1.807, 2.05) is 13.8 Å². The first-order valence-corrected chi connectivity index (χ1v) is 10.6. The molecule has 1 heterocycles. The fourth-order valence-corrected chi connectivity index (χ4v) is 3.30. The monoisotopic (exact) mass is 438 g/mol. The van der Waals surface area contributed by atoms with Gasteiger partial charge in [-0.1, -0.05) is 25.5 Å². The SMILES string of the molecule is CCCCN1C(=O)c2ccc(C(=O)OC(C)C(=O)Nc3ccccc3OCC)cc2C1=O. The molecular weight excluding hydrogens is 412 g/mol. The summed E-state index contributed by atoms with van der Waals surface area (Å²) >= 11 is 0. The predicted octanol–water partition coefficient (Wildman–Crippen LogP) is 3.67. The molecule has 0 saturated carbocycles. The van der Waals surface area contributed by atoms with E-state index >= 15 is 0 Å². The van der Waals surface area contributed by atoms with Gasteiger partial charge in [-0.2, -0.15) is 0 Å². The van der Waals surface area contributed by atoms with E-state index in [-0.39, 0.29) is 22.6 Å². The highest BCUT2D eigenvalue weighted by Gasteiger charge is 2.35. The Hall–Kier alpha value is -3.68. The van der Waals surface area contributed by atoms with E-state index in [1.54, 1.807) is 24.3 Å². The minimum atomic E-state index is -1.09. The third-order valence-electron chi connectivity index (χ3n) is 5.04. The summed E-state index contributed by atoms with van der Waals surface area (Å²) in [7, 11) is 0. The zero-order valence-electron chi connectivity index (χ0n) is 18.3. The fourth-order valence-electron chi connectivity index (χ4n) is 3.30. The van der Waals surface area contributed by atoms with Crippen molar-refractivity contribution in [2.24, 2.45) is 0 Å². The molecule has 1 atom stereocenters. The first kappa shape index (κ1) is 23.0. The highest BCUT2D eigenvalue weighted by atomic mass is 16.5. The number of carbonyl (C=O) groups excluding carboxylic acids is 4. The number of esters is 1. The number of hydrogen-bond donors (Lipinski definition) is 1. The number of ether oxygens (including phenoxy) is 2. The van der Waals surface area contributed by atoms with Crippen LogP contribution in [0.1, 0.15) is 64.7 Å². The average Bonchev–Trinajstić information content (AvgIpc) is 3.02. The third kappa shape index (κ3) is 4.80. The standard InChI is InChI=1S/C24H26N2O6/c1-4-6-13-26-22(28)17-12-11-16(14-18(17)23(26)29)24(30)32-15(3)21(27)25-19-9-7-8-10-20(19)31-5-2/h7-12,14-15H,4-6,13H2,1-3H3,(H,25,27). The maximum absolute atomic E-state index is 12.6. The lowest BCUT2D eigenvalue weighted by atomic mass is 10.1. The van der Waals surface area contributed by atoms with Crippen LogP contribution in [-0.4, -0.2) is 47.8 Å². The lowest BCUT2D eigenvalue weighted by molar-refractivity contribution is -0.123. The summed E-state index contributed by atoms with van der Waals surface area (Å²) in [5, 5.41) is 2.69. The number of carbonyl (C=O) groups is 4. The number of amides is 3. The Bertz CT molecular complexity index is 1050. The number of imide groups is 1. The Balaban J connectivity index is 1.68. The largest absolute Gasteiger partial charge is 0.492 e. The minimum Gasteiger partial charge on any atom is -0.492 e. The summed E-state index contributed by atoms with van der Waals surface area (Å²) in [5.74, 6) is -1.56. The van der Waals surface area contributed by atoms with Crippen molar-refractivity contribution < 1.29 is 28.7 Å². The van der Waals surface area contributed by atoms with E-state index in [1.165, 1.54) is 30.0 Å². The van der Waals surface area contributed by atoms with Crippen LogP contribution in [-0.2, 0) is 9.53 Å². The van der Waals surface area contributed by atoms with Crippen LogP contribution in [0.3, 0.4) is 0 Å². The summed E-state index contributed by atoms with van der Waals surface area (Å²) in [6.07, 6.45) is 0.461. The Morgan fingerprint density at radius 3 is 2.47 bits per heavy atom. The Morgan fingerprint density at radius 1 is 1.03 bits per heavy atom. The van der Waals surface area contributed by atoms with Crippen molar-refractivity contribution in [2.45, 2.75) is 39.7 Å². The number of benzene rings is 2. The minimum absolute atomic E-state index is 0.0941. The molecule has 2 aromatic rings. The van der Waals surface area contributed by atoms with Crippen LogP contribution in [0.5, 0.6) is 5.75 Å². The van der Waals surface area contributed by atoms with Crippen molar-refractivity contribution in [2.75, 3.05) is 18.5 Å². The number of anilines is 1. The van der Waals surface area contributed by atoms with E-state index in [0.717, 1.165) is 6.42 Å². The summed E-state index contributed by atoms with van der Waals surface area (Å²) < 4.78 is 10.8. The average molecular weight is 438 g/mol. The van der Waals surface area contributed by atoms with Crippen molar-refractivity contribution in [1.29, 1.82) is 0 Å². The van der Waals surface area contributed by atoms with Crippen LogP contribution in [0.4, 0.5) is 5.69 Å². The molecule has 0 radical (unpaired) electrons. The van der Waals surface area contributed by atoms with Crippen LogP contribution in [0, 0.1) is 0 Å². The van der Waals surface area contributed by atoms with Gasteiger partial charge in [0.1, 0.15) is 5.75 Å². The highest BCUT2D eigenvalue weighted by molar-refractivity contribution is 6.22. The van der Waals surface area contributed by atoms with Crippen molar-refractivity contribution in [3.05, 3.63) is 59.2 Å². The lowest BCUT2D eigenvalue weighted by Gasteiger charge is -2.15. The summed E-state index contributed by atoms with van der Waals surface area (Å²) in [5.41, 5.74) is 0.997. The van der Waals surface area contributed by atoms with E-state index in [9.17, 15) is 19.2 Å². The molecule has 2 aromatic carbocycles. The molecule has 0 saturated heterocycles. The number of nitrogens with one attached hydrogen (secondary N) is 1. The van der Waals surface area contributed by atoms with Crippen LogP contribution in [0.2, 0.25) is 0 Å². The van der Waals surface area contributed by atoms with Gasteiger partial charge in [-0.25, -0.2) is 4.79 Å². The van der Waals surface area contributed by atoms with Crippen molar-refractivity contribution in [3.8, 4) is 5.75 Å². The topological polar surface area (TPSA) is 102 Å². The van der Waals surface area contributed by atoms with Crippen LogP contribution in [0.15, 0.2) is 42.5 Å². The van der Waals surface area contributed by atoms with Crippen LogP contribution < -0.4 is 10.1 Å². The summed E-state index contributed by atoms with van der Waals surface area (Å²) in [6, 6.07) is 11.2. The molecule has 1 aliphatic heterocycles. The molecule has 1 unspecified atom stereocenters. The van der Waals surface area contributed by atoms with Crippen molar-refractivity contribution >= 4 is 29.4 Å². The van der Waals surface area contributed by atoms with Gasteiger partial charge in [-0.15, -0.1) is 0 Å². The van der Waals surface area contributed by atoms with E-state index < -0.39 is 23.9 Å². The number of para-hydroxylation sites is 2. The highest BCUT2D eigenvalue weighted by Crippen LogP contribution is 2.26. The molecule has 0 aliphatic carbocycles. The van der Waals surface area contributed by atoms with Gasteiger partial charge in [0.25, 0.3) is 17.7 Å². The normalized spacial score (nSPS) is 13.5. The number of nitrogens with zero attached hydrogens (tertiary/aromatic N) is 1. The molecule has 0 aromatic heterocycles. The molecule has 0 fully saturated rings. The zero-order valence-corrected chi connectivity index (χ0v) is 18.3. The number of fused-ring (bicyclic) bond motifs is 1. The van der Waals surface area contributed by atoms with E-state index in [2.05, 4.69) is 5.32 Å². The molecule has 3 rings (SSSR count). The van der Waals surface area contributed by atoms with Gasteiger partial charge in [0, 0.05) is 6.54 Å². The first-order valence-electron chi connectivity index (χ1n) is 10.6. The molecule has 1 aliphatic rings. The first-order chi connectivity index (χ1) is 15.4. The molecule has 8 nitrogen and oxygen atoms in total. The van der Waals surface area contributed by atoms with Gasteiger partial charge in [-0.3, -0.25) is 19.3 Å². The van der Waals surface area contributed by atoms with Gasteiger partial charge < -0.3 is 14.8 Å². The molecular formula is C24H26N2O6. The van der Waals surface area contributed by atoms with Gasteiger partial charge >= 0.3 is 5.97 Å². The second-order valence-corrected chi connectivity index (χ2v) is 7.34. The van der Waals surface area contributed by atoms with Gasteiger partial charge in [0.2, 0.25) is 0 Å². The molecule has 168 valence electrons. The smallest absolute Gasteiger partial charge is 0.338 e. The predicted molar refractivity (Wildman–Crippen MR) is 118 cm³/mol. The number of rotatable bonds is 9. The van der Waals surface area contributed by atoms with Crippen LogP contribution in [0.25, 0.3) is 0 Å². The second kappa shape index (κ2) is 10.1. The Morgan fingerprint density at radius 2 is 1.75 bits per heavy atom. The lowest BCUT2D eigenvalue weighted by Crippen LogP contribution is -2.30. The molecule has 1 N–H and O–H groups in total. The number of hydrogen-bond acceptors (Lipinski definition) is 6. The van der Waals surface area contributed by atoms with Crippen molar-refractivity contribution in [3.63, 3.8) is 0 Å². The van der Waals surface area contributed by atoms with E-state index in [4.69, 9.17) is 9.47 Å². The summed E-state index contributed by atoms with van der Waals surface area (Å²) in [6.45, 7) is 6.03. The zero-order chi connectivity index (χ0) is 23.3. The molecule has 32 heavy (non-hydrogen) atoms. The van der Waals surface area contributed by atoms with E-state index in [0.29, 0.717) is 31.0 Å². The van der Waals surface area contributed by atoms with Crippen molar-refractivity contribution in [1.82, 2.24) is 4.90 Å². The quantitative estimate of drug-likeness (QED) is 0.473. The molecule has 0 bridgehead atoms.